The summed E-state index contributed by atoms with van der Waals surface area (Å²) >= 11 is 12.8. The van der Waals surface area contributed by atoms with Crippen LogP contribution in [-0.4, -0.2) is 52.3 Å². The summed E-state index contributed by atoms with van der Waals surface area (Å²) in [4.78, 5) is 42.5. The molecular formula is C30H26Cl2N4O6. The van der Waals surface area contributed by atoms with Crippen molar-refractivity contribution in [1.29, 1.82) is 0 Å². The van der Waals surface area contributed by atoms with Gasteiger partial charge in [0.1, 0.15) is 17.2 Å². The first-order valence-electron chi connectivity index (χ1n) is 13.1. The monoisotopic (exact) mass is 608 g/mol. The quantitative estimate of drug-likeness (QED) is 0.310. The van der Waals surface area contributed by atoms with E-state index in [9.17, 15) is 19.5 Å². The number of carbonyl (C=O) groups is 3. The van der Waals surface area contributed by atoms with Crippen LogP contribution in [0.3, 0.4) is 0 Å². The summed E-state index contributed by atoms with van der Waals surface area (Å²) < 4.78 is 12.1. The first kappa shape index (κ1) is 27.9. The Hall–Kier alpha value is -4.28. The molecule has 0 saturated heterocycles. The maximum absolute atomic E-state index is 14.4. The first-order chi connectivity index (χ1) is 20.0. The van der Waals surface area contributed by atoms with Gasteiger partial charge in [-0.05, 0) is 42.3 Å². The molecule has 0 fully saturated rings. The Morgan fingerprint density at radius 3 is 2.62 bits per heavy atom. The van der Waals surface area contributed by atoms with Crippen LogP contribution in [0.4, 0.5) is 5.69 Å². The highest BCUT2D eigenvalue weighted by atomic mass is 35.5. The number of ether oxygens (including phenoxy) is 2. The molecule has 1 spiro atoms. The van der Waals surface area contributed by atoms with Crippen LogP contribution in [0.2, 0.25) is 5.02 Å². The minimum absolute atomic E-state index is 0.00824. The lowest BCUT2D eigenvalue weighted by Crippen LogP contribution is -2.52. The standard InChI is InChI=1S/C30H26Cl2N4O6/c1-14(2)26-24-25(34-36(26)21-11-15(28(39)42-4)5-10-23(21)41-3)27(38)35(20-13-17(32)7-9-22(20)37)30(24)18-8-6-16(31)12-19(18)33-29(30)40/h5-11,13-14,16,37H,12H2,1-4H3,(H,33,40). The van der Waals surface area contributed by atoms with Crippen LogP contribution in [0.25, 0.3) is 5.69 Å². The number of hydrogen-bond donors (Lipinski definition) is 2. The van der Waals surface area contributed by atoms with Gasteiger partial charge < -0.3 is 19.9 Å². The average molecular weight is 609 g/mol. The molecule has 3 aromatic rings. The zero-order valence-corrected chi connectivity index (χ0v) is 24.6. The number of nitrogens with zero attached hydrogens (tertiary/aromatic N) is 3. The van der Waals surface area contributed by atoms with E-state index in [4.69, 9.17) is 37.8 Å². The highest BCUT2D eigenvalue weighted by molar-refractivity contribution is 6.31. The predicted octanol–water partition coefficient (Wildman–Crippen LogP) is 4.96. The summed E-state index contributed by atoms with van der Waals surface area (Å²) in [7, 11) is 2.76. The molecule has 6 rings (SSSR count). The number of hydrogen-bond acceptors (Lipinski definition) is 7. The molecule has 1 aliphatic carbocycles. The van der Waals surface area contributed by atoms with Gasteiger partial charge in [0.2, 0.25) is 0 Å². The Labute approximate surface area is 251 Å². The maximum Gasteiger partial charge on any atom is 0.337 e. The lowest BCUT2D eigenvalue weighted by molar-refractivity contribution is -0.123. The van der Waals surface area contributed by atoms with Crippen molar-refractivity contribution in [3.8, 4) is 17.2 Å². The molecule has 2 aliphatic heterocycles. The Bertz CT molecular complexity index is 1760. The largest absolute Gasteiger partial charge is 0.506 e. The Balaban J connectivity index is 1.71. The summed E-state index contributed by atoms with van der Waals surface area (Å²) in [5, 5.41) is 18.6. The summed E-state index contributed by atoms with van der Waals surface area (Å²) in [6.45, 7) is 3.82. The van der Waals surface area contributed by atoms with Crippen LogP contribution in [0.5, 0.6) is 11.5 Å². The number of rotatable bonds is 5. The van der Waals surface area contributed by atoms with Crippen molar-refractivity contribution in [2.45, 2.75) is 37.1 Å². The van der Waals surface area contributed by atoms with E-state index in [2.05, 4.69) is 5.32 Å². The average Bonchev–Trinajstić information content (AvgIpc) is 3.57. The number of alkyl halides is 1. The summed E-state index contributed by atoms with van der Waals surface area (Å²) in [6.07, 6.45) is 3.84. The predicted molar refractivity (Wildman–Crippen MR) is 156 cm³/mol. The number of phenols is 1. The van der Waals surface area contributed by atoms with Crippen LogP contribution in [-0.2, 0) is 15.1 Å². The van der Waals surface area contributed by atoms with Gasteiger partial charge in [0.25, 0.3) is 11.8 Å². The van der Waals surface area contributed by atoms with Gasteiger partial charge in [0.15, 0.2) is 11.2 Å². The summed E-state index contributed by atoms with van der Waals surface area (Å²) in [6, 6.07) is 9.04. The molecule has 3 heterocycles. The molecule has 0 saturated carbocycles. The normalized spacial score (nSPS) is 20.8. The van der Waals surface area contributed by atoms with Crippen molar-refractivity contribution in [3.63, 3.8) is 0 Å². The second-order valence-corrected chi connectivity index (χ2v) is 11.5. The lowest BCUT2D eigenvalue weighted by Gasteiger charge is -2.36. The molecular weight excluding hydrogens is 583 g/mol. The lowest BCUT2D eigenvalue weighted by atomic mass is 9.79. The minimum Gasteiger partial charge on any atom is -0.506 e. The number of benzene rings is 2. The van der Waals surface area contributed by atoms with Crippen LogP contribution >= 0.6 is 23.2 Å². The maximum atomic E-state index is 14.4. The fourth-order valence-corrected chi connectivity index (χ4v) is 6.44. The van der Waals surface area contributed by atoms with Gasteiger partial charge in [-0.15, -0.1) is 11.6 Å². The van der Waals surface area contributed by atoms with Crippen molar-refractivity contribution in [3.05, 3.63) is 87.4 Å². The van der Waals surface area contributed by atoms with Gasteiger partial charge in [-0.25, -0.2) is 9.48 Å². The van der Waals surface area contributed by atoms with E-state index in [0.29, 0.717) is 40.4 Å². The van der Waals surface area contributed by atoms with Crippen LogP contribution in [0.15, 0.2) is 59.8 Å². The van der Waals surface area contributed by atoms with Gasteiger partial charge in [-0.2, -0.15) is 5.10 Å². The third-order valence-electron chi connectivity index (χ3n) is 7.76. The number of amides is 2. The van der Waals surface area contributed by atoms with Gasteiger partial charge >= 0.3 is 5.97 Å². The Morgan fingerprint density at radius 2 is 1.93 bits per heavy atom. The zero-order valence-electron chi connectivity index (χ0n) is 23.1. The third kappa shape index (κ3) is 3.78. The number of anilines is 1. The van der Waals surface area contributed by atoms with Crippen molar-refractivity contribution in [2.24, 2.45) is 0 Å². The number of allylic oxidation sites excluding steroid dienone is 2. The molecule has 2 unspecified atom stereocenters. The van der Waals surface area contributed by atoms with E-state index >= 15 is 0 Å². The SMILES string of the molecule is COC(=O)c1ccc(OC)c(-n2nc3c(c2C(C)C)C2(C(=O)NC4=C2C=CC(Cl)C4)N(c2cc(Cl)ccc2O)C3=O)c1. The Morgan fingerprint density at radius 1 is 1.17 bits per heavy atom. The second kappa shape index (κ2) is 9.92. The van der Waals surface area contributed by atoms with Crippen LogP contribution in [0, 0.1) is 0 Å². The Kier molecular flexibility index (Phi) is 6.58. The van der Waals surface area contributed by atoms with Gasteiger partial charge in [0.05, 0.1) is 36.5 Å². The molecule has 0 radical (unpaired) electrons. The van der Waals surface area contributed by atoms with Gasteiger partial charge in [-0.3, -0.25) is 14.5 Å². The van der Waals surface area contributed by atoms with Crippen molar-refractivity contribution in [2.75, 3.05) is 19.1 Å². The number of methoxy groups -OCH3 is 2. The molecule has 2 atom stereocenters. The number of aromatic nitrogens is 2. The molecule has 12 heteroatoms. The van der Waals surface area contributed by atoms with Gasteiger partial charge in [0, 0.05) is 28.3 Å². The molecule has 216 valence electrons. The highest BCUT2D eigenvalue weighted by Crippen LogP contribution is 2.56. The number of nitrogens with one attached hydrogen (secondary N) is 1. The number of fused-ring (bicyclic) bond motifs is 3. The molecule has 2 amide bonds. The fraction of sp³-hybridized carbons (Fsp3) is 0.267. The molecule has 0 bridgehead atoms. The van der Waals surface area contributed by atoms with E-state index in [0.717, 1.165) is 0 Å². The zero-order chi connectivity index (χ0) is 30.1. The summed E-state index contributed by atoms with van der Waals surface area (Å²) in [5.41, 5.74) is 0.942. The fourth-order valence-electron chi connectivity index (χ4n) is 6.04. The number of esters is 1. The summed E-state index contributed by atoms with van der Waals surface area (Å²) in [5.74, 6) is -1.80. The number of aromatic hydroxyl groups is 1. The number of phenolic OH excluding ortho intramolecular Hbond substituents is 1. The topological polar surface area (TPSA) is 123 Å². The van der Waals surface area contributed by atoms with Crippen molar-refractivity contribution >= 4 is 46.7 Å². The smallest absolute Gasteiger partial charge is 0.337 e. The molecule has 2 N–H and O–H groups in total. The second-order valence-electron chi connectivity index (χ2n) is 10.5. The van der Waals surface area contributed by atoms with Crippen molar-refractivity contribution < 1.29 is 29.0 Å². The van der Waals surface area contributed by atoms with E-state index in [-0.39, 0.29) is 39.0 Å². The van der Waals surface area contributed by atoms with Crippen molar-refractivity contribution in [1.82, 2.24) is 15.1 Å². The molecule has 1 aromatic heterocycles. The van der Waals surface area contributed by atoms with E-state index < -0.39 is 23.3 Å². The van der Waals surface area contributed by atoms with E-state index in [1.54, 1.807) is 30.4 Å². The number of halogens is 2. The molecule has 3 aliphatic rings. The molecule has 2 aromatic carbocycles. The molecule has 10 nitrogen and oxygen atoms in total. The third-order valence-corrected chi connectivity index (χ3v) is 8.29. The van der Waals surface area contributed by atoms with E-state index in [1.807, 2.05) is 13.8 Å². The molecule has 42 heavy (non-hydrogen) atoms. The first-order valence-corrected chi connectivity index (χ1v) is 14.0. The minimum atomic E-state index is -1.73. The highest BCUT2D eigenvalue weighted by Gasteiger charge is 2.65. The van der Waals surface area contributed by atoms with Crippen LogP contribution < -0.4 is 15.0 Å². The van der Waals surface area contributed by atoms with E-state index in [1.165, 1.54) is 42.0 Å². The van der Waals surface area contributed by atoms with Crippen LogP contribution in [0.1, 0.15) is 58.3 Å². The number of carbonyl (C=O) groups excluding carboxylic acids is 3. The van der Waals surface area contributed by atoms with Gasteiger partial charge in [-0.1, -0.05) is 37.6 Å².